The molecule has 0 radical (unpaired) electrons. The second-order valence-corrected chi connectivity index (χ2v) is 7.09. The van der Waals surface area contributed by atoms with E-state index in [0.717, 1.165) is 43.1 Å². The van der Waals surface area contributed by atoms with Crippen LogP contribution >= 0.6 is 11.6 Å². The third kappa shape index (κ3) is 5.19. The molecule has 138 valence electrons. The van der Waals surface area contributed by atoms with E-state index in [-0.39, 0.29) is 5.91 Å². The number of likely N-dealkylation sites (N-methyl/N-ethyl adjacent to an activating group) is 1. The number of pyridine rings is 1. The molecule has 1 aliphatic heterocycles. The van der Waals surface area contributed by atoms with Crippen molar-refractivity contribution < 1.29 is 4.79 Å². The molecular weight excluding hydrogens is 348 g/mol. The van der Waals surface area contributed by atoms with Gasteiger partial charge in [-0.15, -0.1) is 0 Å². The molecular formula is C20H25ClN4O. The Balaban J connectivity index is 1.44. The average Bonchev–Trinajstić information content (AvgIpc) is 2.67. The summed E-state index contributed by atoms with van der Waals surface area (Å²) >= 11 is 6.12. The molecule has 3 rings (SSSR count). The van der Waals surface area contributed by atoms with E-state index in [1.165, 1.54) is 0 Å². The van der Waals surface area contributed by atoms with E-state index in [4.69, 9.17) is 11.6 Å². The smallest absolute Gasteiger partial charge is 0.220 e. The summed E-state index contributed by atoms with van der Waals surface area (Å²) in [6.45, 7) is 4.62. The summed E-state index contributed by atoms with van der Waals surface area (Å²) in [7, 11) is 2.14. The lowest BCUT2D eigenvalue weighted by atomic mass is 10.1. The van der Waals surface area contributed by atoms with Crippen molar-refractivity contribution in [3.8, 4) is 0 Å². The second-order valence-electron chi connectivity index (χ2n) is 6.68. The molecule has 0 spiro atoms. The van der Waals surface area contributed by atoms with E-state index in [2.05, 4.69) is 27.1 Å². The first-order valence-electron chi connectivity index (χ1n) is 9.00. The Bertz CT molecular complexity index is 727. The van der Waals surface area contributed by atoms with Crippen LogP contribution in [0.4, 0.5) is 5.82 Å². The summed E-state index contributed by atoms with van der Waals surface area (Å²) < 4.78 is 0. The number of anilines is 1. The molecule has 0 bridgehead atoms. The number of hydrogen-bond donors (Lipinski definition) is 1. The van der Waals surface area contributed by atoms with Gasteiger partial charge in [0.15, 0.2) is 0 Å². The van der Waals surface area contributed by atoms with Gasteiger partial charge in [0.25, 0.3) is 0 Å². The Kier molecular flexibility index (Phi) is 6.47. The summed E-state index contributed by atoms with van der Waals surface area (Å²) in [6.07, 6.45) is 2.92. The van der Waals surface area contributed by atoms with Crippen LogP contribution in [0.3, 0.4) is 0 Å². The Morgan fingerprint density at radius 3 is 2.62 bits per heavy atom. The van der Waals surface area contributed by atoms with E-state index in [0.29, 0.717) is 24.4 Å². The van der Waals surface area contributed by atoms with Gasteiger partial charge in [-0.05, 0) is 36.7 Å². The number of carbonyl (C=O) groups is 1. The van der Waals surface area contributed by atoms with Crippen molar-refractivity contribution in [3.05, 3.63) is 58.7 Å². The van der Waals surface area contributed by atoms with Crippen LogP contribution in [0.2, 0.25) is 5.02 Å². The zero-order chi connectivity index (χ0) is 18.4. The third-order valence-electron chi connectivity index (χ3n) is 4.71. The van der Waals surface area contributed by atoms with Gasteiger partial charge in [-0.25, -0.2) is 4.98 Å². The summed E-state index contributed by atoms with van der Waals surface area (Å²) in [4.78, 5) is 21.2. The van der Waals surface area contributed by atoms with Gasteiger partial charge in [-0.2, -0.15) is 0 Å². The van der Waals surface area contributed by atoms with E-state index in [9.17, 15) is 4.79 Å². The number of rotatable bonds is 6. The second kappa shape index (κ2) is 9.01. The van der Waals surface area contributed by atoms with E-state index < -0.39 is 0 Å². The maximum absolute atomic E-state index is 12.1. The van der Waals surface area contributed by atoms with Crippen molar-refractivity contribution in [3.63, 3.8) is 0 Å². The molecule has 0 saturated carbocycles. The van der Waals surface area contributed by atoms with Gasteiger partial charge < -0.3 is 15.1 Å². The van der Waals surface area contributed by atoms with E-state index in [1.54, 1.807) is 0 Å². The minimum Gasteiger partial charge on any atom is -0.354 e. The Morgan fingerprint density at radius 2 is 1.92 bits per heavy atom. The van der Waals surface area contributed by atoms with Gasteiger partial charge in [0.1, 0.15) is 5.82 Å². The molecule has 5 nitrogen and oxygen atoms in total. The average molecular weight is 373 g/mol. The molecule has 26 heavy (non-hydrogen) atoms. The molecule has 1 fully saturated rings. The van der Waals surface area contributed by atoms with Gasteiger partial charge in [0.05, 0.1) is 0 Å². The lowest BCUT2D eigenvalue weighted by molar-refractivity contribution is -0.121. The van der Waals surface area contributed by atoms with Crippen molar-refractivity contribution in [2.75, 3.05) is 38.1 Å². The normalized spacial score (nSPS) is 15.1. The molecule has 0 atom stereocenters. The largest absolute Gasteiger partial charge is 0.354 e. The van der Waals surface area contributed by atoms with Crippen LogP contribution < -0.4 is 10.2 Å². The quantitative estimate of drug-likeness (QED) is 0.847. The van der Waals surface area contributed by atoms with Crippen molar-refractivity contribution in [1.29, 1.82) is 0 Å². The highest BCUT2D eigenvalue weighted by molar-refractivity contribution is 6.31. The highest BCUT2D eigenvalue weighted by Gasteiger charge is 2.15. The van der Waals surface area contributed by atoms with Crippen LogP contribution in [0.15, 0.2) is 42.6 Å². The number of hydrogen-bond acceptors (Lipinski definition) is 4. The topological polar surface area (TPSA) is 48.5 Å². The molecule has 2 heterocycles. The van der Waals surface area contributed by atoms with Gasteiger partial charge in [0.2, 0.25) is 5.91 Å². The van der Waals surface area contributed by atoms with Crippen molar-refractivity contribution in [2.24, 2.45) is 0 Å². The number of halogens is 1. The fourth-order valence-corrected chi connectivity index (χ4v) is 3.21. The lowest BCUT2D eigenvalue weighted by Crippen LogP contribution is -2.44. The zero-order valence-electron chi connectivity index (χ0n) is 15.1. The standard InChI is InChI=1S/C20H25ClN4O/c1-24-10-12-25(13-11-24)19-8-6-16(14-22-19)15-23-20(26)9-7-17-4-2-3-5-18(17)21/h2-6,8,14H,7,9-13,15H2,1H3,(H,23,26). The number of amides is 1. The third-order valence-corrected chi connectivity index (χ3v) is 5.07. The lowest BCUT2D eigenvalue weighted by Gasteiger charge is -2.33. The summed E-state index contributed by atoms with van der Waals surface area (Å²) in [5, 5.41) is 3.66. The zero-order valence-corrected chi connectivity index (χ0v) is 15.9. The molecule has 0 unspecified atom stereocenters. The van der Waals surface area contributed by atoms with Crippen LogP contribution in [-0.4, -0.2) is 49.0 Å². The maximum Gasteiger partial charge on any atom is 0.220 e. The molecule has 0 aliphatic carbocycles. The molecule has 1 aliphatic rings. The van der Waals surface area contributed by atoms with Crippen LogP contribution in [0.5, 0.6) is 0 Å². The molecule has 6 heteroatoms. The summed E-state index contributed by atoms with van der Waals surface area (Å²) in [6, 6.07) is 11.7. The molecule has 1 aromatic carbocycles. The number of nitrogens with one attached hydrogen (secondary N) is 1. The van der Waals surface area contributed by atoms with Crippen molar-refractivity contribution in [2.45, 2.75) is 19.4 Å². The SMILES string of the molecule is CN1CCN(c2ccc(CNC(=O)CCc3ccccc3Cl)cn2)CC1. The van der Waals surface area contributed by atoms with E-state index in [1.807, 2.05) is 42.6 Å². The van der Waals surface area contributed by atoms with Gasteiger partial charge in [-0.3, -0.25) is 4.79 Å². The fraction of sp³-hybridized carbons (Fsp3) is 0.400. The molecule has 1 amide bonds. The Morgan fingerprint density at radius 1 is 1.15 bits per heavy atom. The van der Waals surface area contributed by atoms with Crippen molar-refractivity contribution in [1.82, 2.24) is 15.2 Å². The minimum atomic E-state index is 0.0214. The number of carbonyl (C=O) groups excluding carboxylic acids is 1. The predicted molar refractivity (Wildman–Crippen MR) is 106 cm³/mol. The van der Waals surface area contributed by atoms with Crippen LogP contribution in [0, 0.1) is 0 Å². The van der Waals surface area contributed by atoms with Crippen LogP contribution in [0.25, 0.3) is 0 Å². The number of piperazine rings is 1. The number of aryl methyl sites for hydroxylation is 1. The highest BCUT2D eigenvalue weighted by atomic mass is 35.5. The van der Waals surface area contributed by atoms with Crippen LogP contribution in [-0.2, 0) is 17.8 Å². The molecule has 1 N–H and O–H groups in total. The molecule has 1 aromatic heterocycles. The summed E-state index contributed by atoms with van der Waals surface area (Å²) in [5.74, 6) is 1.03. The first kappa shape index (κ1) is 18.7. The Hall–Kier alpha value is -2.11. The van der Waals surface area contributed by atoms with Crippen molar-refractivity contribution >= 4 is 23.3 Å². The monoisotopic (exact) mass is 372 g/mol. The fourth-order valence-electron chi connectivity index (χ4n) is 2.98. The van der Waals surface area contributed by atoms with Gasteiger partial charge in [-0.1, -0.05) is 35.9 Å². The minimum absolute atomic E-state index is 0.0214. The molecule has 1 saturated heterocycles. The van der Waals surface area contributed by atoms with E-state index >= 15 is 0 Å². The number of nitrogens with zero attached hydrogens (tertiary/aromatic N) is 3. The Labute approximate surface area is 160 Å². The highest BCUT2D eigenvalue weighted by Crippen LogP contribution is 2.16. The molecule has 2 aromatic rings. The summed E-state index contributed by atoms with van der Waals surface area (Å²) in [5.41, 5.74) is 2.01. The first-order valence-corrected chi connectivity index (χ1v) is 9.38. The first-order chi connectivity index (χ1) is 12.6. The number of benzene rings is 1. The van der Waals surface area contributed by atoms with Crippen LogP contribution in [0.1, 0.15) is 17.5 Å². The maximum atomic E-state index is 12.1. The predicted octanol–water partition coefficient (Wildman–Crippen LogP) is 2.74. The van der Waals surface area contributed by atoms with Gasteiger partial charge in [0, 0.05) is 50.4 Å². The number of aromatic nitrogens is 1. The van der Waals surface area contributed by atoms with Gasteiger partial charge >= 0.3 is 0 Å².